The maximum Gasteiger partial charge on any atom is 0.416 e. The smallest absolute Gasteiger partial charge is 0.299 e. The summed E-state index contributed by atoms with van der Waals surface area (Å²) in [6.45, 7) is 4.16. The monoisotopic (exact) mass is 317 g/mol. The lowest BCUT2D eigenvalue weighted by Crippen LogP contribution is -2.34. The highest BCUT2D eigenvalue weighted by atomic mass is 35.5. The first-order valence-electron chi connectivity index (χ1n) is 7.34. The average Bonchev–Trinajstić information content (AvgIpc) is 3.01. The average molecular weight is 318 g/mol. The summed E-state index contributed by atoms with van der Waals surface area (Å²) in [4.78, 5) is 2.42. The highest BCUT2D eigenvalue weighted by Crippen LogP contribution is 2.59. The molecule has 2 fully saturated rings. The minimum Gasteiger partial charge on any atom is -0.299 e. The second kappa shape index (κ2) is 5.17. The van der Waals surface area contributed by atoms with Gasteiger partial charge >= 0.3 is 6.18 Å². The number of benzene rings is 1. The van der Waals surface area contributed by atoms with E-state index in [0.717, 1.165) is 31.5 Å². The third kappa shape index (κ3) is 2.68. The number of piperidine rings is 1. The Kier molecular flexibility index (Phi) is 3.73. The lowest BCUT2D eigenvalue weighted by molar-refractivity contribution is -0.137. The van der Waals surface area contributed by atoms with Crippen LogP contribution in [0.25, 0.3) is 0 Å². The number of hydrogen-bond acceptors (Lipinski definition) is 1. The first-order chi connectivity index (χ1) is 9.87. The van der Waals surface area contributed by atoms with Gasteiger partial charge in [-0.05, 0) is 43.4 Å². The molecule has 1 unspecified atom stereocenters. The second-order valence-corrected chi connectivity index (χ2v) is 6.77. The Labute approximate surface area is 128 Å². The Bertz CT molecular complexity index is 513. The lowest BCUT2D eigenvalue weighted by Gasteiger charge is -2.27. The Morgan fingerprint density at radius 3 is 2.57 bits per heavy atom. The van der Waals surface area contributed by atoms with E-state index >= 15 is 0 Å². The molecule has 1 aliphatic carbocycles. The van der Waals surface area contributed by atoms with Gasteiger partial charge in [0, 0.05) is 30.4 Å². The predicted molar refractivity (Wildman–Crippen MR) is 77.6 cm³/mol. The van der Waals surface area contributed by atoms with E-state index in [4.69, 9.17) is 11.6 Å². The summed E-state index contributed by atoms with van der Waals surface area (Å²) < 4.78 is 37.9. The van der Waals surface area contributed by atoms with E-state index in [2.05, 4.69) is 11.8 Å². The minimum atomic E-state index is -4.25. The Morgan fingerprint density at radius 2 is 2.00 bits per heavy atom. The molecule has 2 aliphatic rings. The normalized spacial score (nSPS) is 30.2. The third-order valence-electron chi connectivity index (χ3n) is 5.11. The Hall–Kier alpha value is -0.740. The molecule has 1 aromatic rings. The van der Waals surface area contributed by atoms with E-state index in [1.807, 2.05) is 0 Å². The molecular formula is C16H19ClF3N. The van der Waals surface area contributed by atoms with Gasteiger partial charge in [-0.1, -0.05) is 12.1 Å². The molecule has 1 nitrogen and oxygen atoms in total. The largest absolute Gasteiger partial charge is 0.416 e. The highest BCUT2D eigenvalue weighted by molar-refractivity contribution is 6.17. The molecule has 3 atom stereocenters. The topological polar surface area (TPSA) is 3.24 Å². The summed E-state index contributed by atoms with van der Waals surface area (Å²) in [6.07, 6.45) is -2.20. The van der Waals surface area contributed by atoms with E-state index < -0.39 is 11.7 Å². The van der Waals surface area contributed by atoms with Gasteiger partial charge in [0.05, 0.1) is 5.56 Å². The summed E-state index contributed by atoms with van der Waals surface area (Å²) >= 11 is 5.80. The number of nitrogens with zero attached hydrogens (tertiary/aromatic N) is 1. The van der Waals surface area contributed by atoms with Gasteiger partial charge in [-0.3, -0.25) is 4.90 Å². The fourth-order valence-electron chi connectivity index (χ4n) is 3.64. The van der Waals surface area contributed by atoms with Crippen LogP contribution in [0.1, 0.15) is 30.9 Å². The van der Waals surface area contributed by atoms with Crippen molar-refractivity contribution in [3.05, 3.63) is 35.4 Å². The fraction of sp³-hybridized carbons (Fsp3) is 0.625. The van der Waals surface area contributed by atoms with Crippen LogP contribution in [0.5, 0.6) is 0 Å². The van der Waals surface area contributed by atoms with Gasteiger partial charge in [0.15, 0.2) is 0 Å². The molecule has 0 N–H and O–H groups in total. The number of halogens is 4. The molecule has 116 valence electrons. The molecule has 1 saturated heterocycles. The molecule has 1 aliphatic heterocycles. The Balaban J connectivity index is 1.74. The molecule has 1 aromatic carbocycles. The third-order valence-corrected chi connectivity index (χ3v) is 5.33. The summed E-state index contributed by atoms with van der Waals surface area (Å²) in [5, 5.41) is 0. The standard InChI is InChI=1S/C16H19ClF3N/c1-11(6-7-17)21-9-14-8-15(14,10-21)12-2-4-13(5-3-12)16(18,19)20/h2-5,11,14H,6-10H2,1H3/t11?,14-,15+/m0/s1. The minimum absolute atomic E-state index is 0.0880. The molecule has 21 heavy (non-hydrogen) atoms. The van der Waals surface area contributed by atoms with Crippen molar-refractivity contribution >= 4 is 11.6 Å². The first kappa shape index (κ1) is 15.2. The van der Waals surface area contributed by atoms with Crippen molar-refractivity contribution in [2.75, 3.05) is 19.0 Å². The van der Waals surface area contributed by atoms with Crippen LogP contribution in [-0.2, 0) is 11.6 Å². The molecule has 1 heterocycles. The second-order valence-electron chi connectivity index (χ2n) is 6.39. The molecule has 5 heteroatoms. The van der Waals surface area contributed by atoms with Crippen LogP contribution in [0, 0.1) is 5.92 Å². The lowest BCUT2D eigenvalue weighted by atomic mass is 9.94. The molecule has 0 radical (unpaired) electrons. The summed E-state index contributed by atoms with van der Waals surface area (Å²) in [5.74, 6) is 1.24. The molecule has 1 saturated carbocycles. The van der Waals surface area contributed by atoms with Crippen LogP contribution in [-0.4, -0.2) is 29.9 Å². The predicted octanol–water partition coefficient (Wildman–Crippen LogP) is 4.30. The van der Waals surface area contributed by atoms with E-state index in [-0.39, 0.29) is 5.41 Å². The maximum absolute atomic E-state index is 12.6. The van der Waals surface area contributed by atoms with E-state index in [1.165, 1.54) is 12.1 Å². The highest BCUT2D eigenvalue weighted by Gasteiger charge is 2.61. The number of likely N-dealkylation sites (tertiary alicyclic amines) is 1. The van der Waals surface area contributed by atoms with Gasteiger partial charge in [-0.15, -0.1) is 11.6 Å². The summed E-state index contributed by atoms with van der Waals surface area (Å²) in [7, 11) is 0. The summed E-state index contributed by atoms with van der Waals surface area (Å²) in [5.41, 5.74) is 0.580. The number of rotatable bonds is 4. The SMILES string of the molecule is CC(CCCl)N1C[C@@H]2C[C@]2(c2ccc(C(F)(F)F)cc2)C1. The van der Waals surface area contributed by atoms with Crippen molar-refractivity contribution in [1.82, 2.24) is 4.90 Å². The van der Waals surface area contributed by atoms with E-state index in [0.29, 0.717) is 17.8 Å². The van der Waals surface area contributed by atoms with Gasteiger partial charge in [0.2, 0.25) is 0 Å². The number of fused-ring (bicyclic) bond motifs is 1. The van der Waals surface area contributed by atoms with Crippen LogP contribution in [0.3, 0.4) is 0 Å². The van der Waals surface area contributed by atoms with Crippen molar-refractivity contribution in [2.45, 2.75) is 37.4 Å². The van der Waals surface area contributed by atoms with Crippen LogP contribution in [0.15, 0.2) is 24.3 Å². The molecule has 3 rings (SSSR count). The maximum atomic E-state index is 12.6. The fourth-order valence-corrected chi connectivity index (χ4v) is 3.95. The number of hydrogen-bond donors (Lipinski definition) is 0. The summed E-state index contributed by atoms with van der Waals surface area (Å²) in [6, 6.07) is 6.20. The van der Waals surface area contributed by atoms with Gasteiger partial charge in [-0.2, -0.15) is 13.2 Å². The van der Waals surface area contributed by atoms with Crippen molar-refractivity contribution < 1.29 is 13.2 Å². The van der Waals surface area contributed by atoms with Gasteiger partial charge in [0.25, 0.3) is 0 Å². The molecule has 0 amide bonds. The van der Waals surface area contributed by atoms with Crippen molar-refractivity contribution in [3.8, 4) is 0 Å². The zero-order valence-electron chi connectivity index (χ0n) is 12.0. The van der Waals surface area contributed by atoms with Crippen LogP contribution in [0.2, 0.25) is 0 Å². The zero-order chi connectivity index (χ0) is 15.3. The molecule has 0 spiro atoms. The van der Waals surface area contributed by atoms with E-state index in [1.54, 1.807) is 12.1 Å². The Morgan fingerprint density at radius 1 is 1.33 bits per heavy atom. The molecule has 0 bridgehead atoms. The van der Waals surface area contributed by atoms with Crippen LogP contribution < -0.4 is 0 Å². The molecule has 0 aromatic heterocycles. The van der Waals surface area contributed by atoms with Crippen LogP contribution >= 0.6 is 11.6 Å². The number of alkyl halides is 4. The van der Waals surface area contributed by atoms with E-state index in [9.17, 15) is 13.2 Å². The molecular weight excluding hydrogens is 299 g/mol. The van der Waals surface area contributed by atoms with Gasteiger partial charge in [0.1, 0.15) is 0 Å². The van der Waals surface area contributed by atoms with Crippen molar-refractivity contribution in [2.24, 2.45) is 5.92 Å². The van der Waals surface area contributed by atoms with Crippen molar-refractivity contribution in [1.29, 1.82) is 0 Å². The van der Waals surface area contributed by atoms with Gasteiger partial charge in [-0.25, -0.2) is 0 Å². The quantitative estimate of drug-likeness (QED) is 0.749. The van der Waals surface area contributed by atoms with Gasteiger partial charge < -0.3 is 0 Å². The zero-order valence-corrected chi connectivity index (χ0v) is 12.7. The van der Waals surface area contributed by atoms with Crippen LogP contribution in [0.4, 0.5) is 13.2 Å². The van der Waals surface area contributed by atoms with Crippen molar-refractivity contribution in [3.63, 3.8) is 0 Å². The first-order valence-corrected chi connectivity index (χ1v) is 7.88.